The summed E-state index contributed by atoms with van der Waals surface area (Å²) in [6.45, 7) is 2.10. The lowest BCUT2D eigenvalue weighted by Crippen LogP contribution is -2.45. The summed E-state index contributed by atoms with van der Waals surface area (Å²) in [5.41, 5.74) is 4.22. The molecule has 2 atom stereocenters. The highest BCUT2D eigenvalue weighted by Crippen LogP contribution is 2.35. The Morgan fingerprint density at radius 2 is 1.86 bits per heavy atom. The van der Waals surface area contributed by atoms with Crippen molar-refractivity contribution in [2.24, 2.45) is 5.92 Å². The molecule has 0 saturated heterocycles. The maximum absolute atomic E-state index is 12.6. The smallest absolute Gasteiger partial charge is 0.238 e. The fourth-order valence-electron chi connectivity index (χ4n) is 3.69. The monoisotopic (exact) mass is 300 g/mol. The predicted molar refractivity (Wildman–Crippen MR) is 89.8 cm³/mol. The van der Waals surface area contributed by atoms with Gasteiger partial charge >= 0.3 is 0 Å². The van der Waals surface area contributed by atoms with Gasteiger partial charge < -0.3 is 5.32 Å². The molecular weight excluding hydrogens is 272 g/mol. The van der Waals surface area contributed by atoms with Crippen molar-refractivity contribution in [3.8, 4) is 0 Å². The Morgan fingerprint density at radius 3 is 2.50 bits per heavy atom. The molecule has 3 rings (SSSR count). The predicted octanol–water partition coefficient (Wildman–Crippen LogP) is 3.08. The van der Waals surface area contributed by atoms with Crippen LogP contribution in [0.25, 0.3) is 0 Å². The fraction of sp³-hybridized carbons (Fsp3) is 0.632. The SMILES string of the molecule is C[C@H](NC(=O)[C@H](C1CC1)N(C)C)c1ccc2c(c1)CCCC2. The standard InChI is InChI=1S/C19H28N2O/c1-13(20-19(22)18(21(2)3)15-9-10-15)16-11-8-14-6-4-5-7-17(14)12-16/h8,11-13,15,18H,4-7,9-10H2,1-3H3,(H,20,22)/t13-,18-/m0/s1. The molecule has 0 bridgehead atoms. The van der Waals surface area contributed by atoms with Crippen LogP contribution in [0.4, 0.5) is 0 Å². The molecule has 1 aromatic rings. The topological polar surface area (TPSA) is 32.3 Å². The van der Waals surface area contributed by atoms with Crippen LogP contribution in [0, 0.1) is 5.92 Å². The zero-order valence-electron chi connectivity index (χ0n) is 14.1. The van der Waals surface area contributed by atoms with Gasteiger partial charge in [0, 0.05) is 0 Å². The summed E-state index contributed by atoms with van der Waals surface area (Å²) in [6.07, 6.45) is 7.37. The molecule has 1 fully saturated rings. The van der Waals surface area contributed by atoms with Gasteiger partial charge in [-0.05, 0) is 82.2 Å². The number of benzene rings is 1. The van der Waals surface area contributed by atoms with Crippen LogP contribution in [0.2, 0.25) is 0 Å². The van der Waals surface area contributed by atoms with E-state index in [1.165, 1.54) is 55.2 Å². The van der Waals surface area contributed by atoms with E-state index >= 15 is 0 Å². The molecule has 0 aliphatic heterocycles. The Morgan fingerprint density at radius 1 is 1.18 bits per heavy atom. The molecule has 0 unspecified atom stereocenters. The Bertz CT molecular complexity index is 546. The van der Waals surface area contributed by atoms with Gasteiger partial charge in [-0.3, -0.25) is 9.69 Å². The van der Waals surface area contributed by atoms with Crippen molar-refractivity contribution in [1.29, 1.82) is 0 Å². The number of carbonyl (C=O) groups is 1. The van der Waals surface area contributed by atoms with Crippen molar-refractivity contribution >= 4 is 5.91 Å². The van der Waals surface area contributed by atoms with E-state index in [1.54, 1.807) is 0 Å². The number of fused-ring (bicyclic) bond motifs is 1. The average Bonchev–Trinajstić information content (AvgIpc) is 3.31. The molecular formula is C19H28N2O. The van der Waals surface area contributed by atoms with Crippen LogP contribution >= 0.6 is 0 Å². The van der Waals surface area contributed by atoms with Gasteiger partial charge in [-0.1, -0.05) is 18.2 Å². The quantitative estimate of drug-likeness (QED) is 0.906. The van der Waals surface area contributed by atoms with Gasteiger partial charge in [-0.2, -0.15) is 0 Å². The summed E-state index contributed by atoms with van der Waals surface area (Å²) < 4.78 is 0. The van der Waals surface area contributed by atoms with E-state index in [-0.39, 0.29) is 18.0 Å². The summed E-state index contributed by atoms with van der Waals surface area (Å²) >= 11 is 0. The number of rotatable bonds is 5. The van der Waals surface area contributed by atoms with Crippen molar-refractivity contribution in [3.63, 3.8) is 0 Å². The number of hydrogen-bond acceptors (Lipinski definition) is 2. The molecule has 22 heavy (non-hydrogen) atoms. The molecule has 1 N–H and O–H groups in total. The molecule has 0 radical (unpaired) electrons. The number of aryl methyl sites for hydroxylation is 2. The molecule has 120 valence electrons. The maximum atomic E-state index is 12.6. The van der Waals surface area contributed by atoms with Gasteiger partial charge in [-0.25, -0.2) is 0 Å². The first-order valence-electron chi connectivity index (χ1n) is 8.65. The summed E-state index contributed by atoms with van der Waals surface area (Å²) in [6, 6.07) is 6.87. The Balaban J connectivity index is 1.68. The number of carbonyl (C=O) groups excluding carboxylic acids is 1. The lowest BCUT2D eigenvalue weighted by molar-refractivity contribution is -0.126. The summed E-state index contributed by atoms with van der Waals surface area (Å²) in [5, 5.41) is 3.23. The summed E-state index contributed by atoms with van der Waals surface area (Å²) in [7, 11) is 4.01. The van der Waals surface area contributed by atoms with Crippen LogP contribution < -0.4 is 5.32 Å². The van der Waals surface area contributed by atoms with Crippen molar-refractivity contribution in [2.45, 2.75) is 57.5 Å². The van der Waals surface area contributed by atoms with E-state index in [0.29, 0.717) is 5.92 Å². The first-order valence-corrected chi connectivity index (χ1v) is 8.65. The number of amides is 1. The molecule has 2 aliphatic rings. The van der Waals surface area contributed by atoms with E-state index < -0.39 is 0 Å². The van der Waals surface area contributed by atoms with Crippen LogP contribution in [0.1, 0.15) is 55.3 Å². The van der Waals surface area contributed by atoms with Crippen molar-refractivity contribution < 1.29 is 4.79 Å². The second-order valence-electron chi connectivity index (χ2n) is 7.21. The van der Waals surface area contributed by atoms with Crippen LogP contribution in [-0.2, 0) is 17.6 Å². The Hall–Kier alpha value is -1.35. The third-order valence-electron chi connectivity index (χ3n) is 5.12. The number of hydrogen-bond donors (Lipinski definition) is 1. The normalized spacial score (nSPS) is 20.4. The molecule has 0 aromatic heterocycles. The van der Waals surface area contributed by atoms with Gasteiger partial charge in [-0.15, -0.1) is 0 Å². The molecule has 1 saturated carbocycles. The van der Waals surface area contributed by atoms with Crippen LogP contribution in [0.15, 0.2) is 18.2 Å². The highest BCUT2D eigenvalue weighted by atomic mass is 16.2. The second kappa shape index (κ2) is 6.41. The highest BCUT2D eigenvalue weighted by Gasteiger charge is 2.37. The Kier molecular flexibility index (Phi) is 4.53. The third-order valence-corrected chi connectivity index (χ3v) is 5.12. The molecule has 0 spiro atoms. The summed E-state index contributed by atoms with van der Waals surface area (Å²) in [5.74, 6) is 0.725. The average molecular weight is 300 g/mol. The number of nitrogens with one attached hydrogen (secondary N) is 1. The second-order valence-corrected chi connectivity index (χ2v) is 7.21. The van der Waals surface area contributed by atoms with Crippen molar-refractivity contribution in [1.82, 2.24) is 10.2 Å². The first kappa shape index (κ1) is 15.5. The maximum Gasteiger partial charge on any atom is 0.238 e. The third kappa shape index (κ3) is 3.35. The molecule has 3 nitrogen and oxygen atoms in total. The van der Waals surface area contributed by atoms with Gasteiger partial charge in [0.05, 0.1) is 12.1 Å². The van der Waals surface area contributed by atoms with Gasteiger partial charge in [0.25, 0.3) is 0 Å². The molecule has 1 amide bonds. The molecule has 2 aliphatic carbocycles. The molecule has 0 heterocycles. The zero-order valence-corrected chi connectivity index (χ0v) is 14.1. The Labute approximate surface area is 134 Å². The fourth-order valence-corrected chi connectivity index (χ4v) is 3.69. The van der Waals surface area contributed by atoms with Crippen LogP contribution in [-0.4, -0.2) is 30.9 Å². The number of nitrogens with zero attached hydrogens (tertiary/aromatic N) is 1. The first-order chi connectivity index (χ1) is 10.6. The largest absolute Gasteiger partial charge is 0.348 e. The number of likely N-dealkylation sites (N-methyl/N-ethyl adjacent to an activating group) is 1. The van der Waals surface area contributed by atoms with Crippen LogP contribution in [0.5, 0.6) is 0 Å². The minimum absolute atomic E-state index is 0.0278. The minimum Gasteiger partial charge on any atom is -0.348 e. The van der Waals surface area contributed by atoms with E-state index in [0.717, 1.165) is 0 Å². The van der Waals surface area contributed by atoms with Gasteiger partial charge in [0.2, 0.25) is 5.91 Å². The van der Waals surface area contributed by atoms with E-state index in [9.17, 15) is 4.79 Å². The lowest BCUT2D eigenvalue weighted by atomic mass is 9.89. The van der Waals surface area contributed by atoms with E-state index in [1.807, 2.05) is 14.1 Å². The summed E-state index contributed by atoms with van der Waals surface area (Å²) in [4.78, 5) is 14.6. The van der Waals surface area contributed by atoms with E-state index in [4.69, 9.17) is 0 Å². The van der Waals surface area contributed by atoms with Crippen molar-refractivity contribution in [3.05, 3.63) is 34.9 Å². The highest BCUT2D eigenvalue weighted by molar-refractivity contribution is 5.82. The molecule has 1 aromatic carbocycles. The zero-order chi connectivity index (χ0) is 15.7. The van der Waals surface area contributed by atoms with Crippen molar-refractivity contribution in [2.75, 3.05) is 14.1 Å². The van der Waals surface area contributed by atoms with Gasteiger partial charge in [0.1, 0.15) is 0 Å². The molecule has 3 heteroatoms. The van der Waals surface area contributed by atoms with E-state index in [2.05, 4.69) is 35.3 Å². The van der Waals surface area contributed by atoms with Crippen LogP contribution in [0.3, 0.4) is 0 Å². The lowest BCUT2D eigenvalue weighted by Gasteiger charge is -2.26. The minimum atomic E-state index is 0.0278. The van der Waals surface area contributed by atoms with Gasteiger partial charge in [0.15, 0.2) is 0 Å².